The second-order valence-electron chi connectivity index (χ2n) is 5.18. The zero-order valence-corrected chi connectivity index (χ0v) is 12.9. The Morgan fingerprint density at radius 2 is 1.78 bits per heavy atom. The van der Waals surface area contributed by atoms with Crippen molar-refractivity contribution in [2.75, 3.05) is 26.3 Å². The van der Waals surface area contributed by atoms with Crippen LogP contribution in [-0.2, 0) is 17.5 Å². The number of halogens is 4. The van der Waals surface area contributed by atoms with Gasteiger partial charge in [-0.05, 0) is 24.3 Å². The highest BCUT2D eigenvalue weighted by molar-refractivity contribution is 7.12. The lowest BCUT2D eigenvalue weighted by Crippen LogP contribution is -2.35. The van der Waals surface area contributed by atoms with E-state index in [1.165, 1.54) is 24.3 Å². The Morgan fingerprint density at radius 1 is 1.13 bits per heavy atom. The van der Waals surface area contributed by atoms with Gasteiger partial charge in [-0.2, -0.15) is 13.2 Å². The molecule has 0 bridgehead atoms. The van der Waals surface area contributed by atoms with E-state index in [9.17, 15) is 17.6 Å². The molecule has 0 saturated carbocycles. The molecule has 1 aromatic heterocycles. The highest BCUT2D eigenvalue weighted by Gasteiger charge is 2.36. The lowest BCUT2D eigenvalue weighted by molar-refractivity contribution is -0.137. The van der Waals surface area contributed by atoms with E-state index in [0.29, 0.717) is 54.6 Å². The van der Waals surface area contributed by atoms with Crippen LogP contribution in [0, 0.1) is 5.82 Å². The molecule has 0 atom stereocenters. The summed E-state index contributed by atoms with van der Waals surface area (Å²) in [5.74, 6) is -0.435. The van der Waals surface area contributed by atoms with E-state index in [0.717, 1.165) is 0 Å². The third-order valence-corrected chi connectivity index (χ3v) is 4.61. The first kappa shape index (κ1) is 16.4. The van der Waals surface area contributed by atoms with Crippen LogP contribution in [0.4, 0.5) is 17.6 Å². The summed E-state index contributed by atoms with van der Waals surface area (Å²) in [4.78, 5) is 6.33. The van der Waals surface area contributed by atoms with Crippen molar-refractivity contribution >= 4 is 11.3 Å². The van der Waals surface area contributed by atoms with Gasteiger partial charge in [-0.3, -0.25) is 4.90 Å². The van der Waals surface area contributed by atoms with E-state index in [2.05, 4.69) is 4.98 Å². The average molecular weight is 346 g/mol. The second-order valence-corrected chi connectivity index (χ2v) is 6.27. The average Bonchev–Trinajstić information content (AvgIpc) is 2.93. The van der Waals surface area contributed by atoms with E-state index >= 15 is 0 Å². The van der Waals surface area contributed by atoms with Crippen molar-refractivity contribution in [2.24, 2.45) is 0 Å². The number of aromatic nitrogens is 1. The molecule has 1 saturated heterocycles. The largest absolute Gasteiger partial charge is 0.443 e. The van der Waals surface area contributed by atoms with Crippen LogP contribution in [-0.4, -0.2) is 36.2 Å². The molecule has 23 heavy (non-hydrogen) atoms. The molecular weight excluding hydrogens is 332 g/mol. The van der Waals surface area contributed by atoms with Gasteiger partial charge in [0.25, 0.3) is 0 Å². The van der Waals surface area contributed by atoms with Crippen LogP contribution in [0.2, 0.25) is 0 Å². The molecule has 0 spiro atoms. The Bertz CT molecular complexity index is 663. The minimum absolute atomic E-state index is 0.272. The van der Waals surface area contributed by atoms with E-state index in [1.54, 1.807) is 0 Å². The van der Waals surface area contributed by atoms with Crippen LogP contribution >= 0.6 is 11.3 Å². The summed E-state index contributed by atoms with van der Waals surface area (Å²) in [6.45, 7) is 2.85. The summed E-state index contributed by atoms with van der Waals surface area (Å²) in [5, 5.41) is -0.875. The van der Waals surface area contributed by atoms with Crippen LogP contribution in [0.25, 0.3) is 11.3 Å². The van der Waals surface area contributed by atoms with Gasteiger partial charge in [0.2, 0.25) is 0 Å². The first-order chi connectivity index (χ1) is 10.9. The first-order valence-electron chi connectivity index (χ1n) is 7.06. The van der Waals surface area contributed by atoms with Crippen LogP contribution in [0.5, 0.6) is 0 Å². The van der Waals surface area contributed by atoms with Crippen molar-refractivity contribution in [3.8, 4) is 11.3 Å². The molecule has 2 heterocycles. The number of thiazole rings is 1. The fourth-order valence-electron chi connectivity index (χ4n) is 2.38. The molecule has 0 unspecified atom stereocenters. The molecule has 0 N–H and O–H groups in total. The molecular formula is C15H14F4N2OS. The third-order valence-electron chi connectivity index (χ3n) is 3.53. The number of ether oxygens (including phenoxy) is 1. The minimum Gasteiger partial charge on any atom is -0.379 e. The quantitative estimate of drug-likeness (QED) is 0.791. The van der Waals surface area contributed by atoms with E-state index in [4.69, 9.17) is 4.74 Å². The Hall–Kier alpha value is -1.51. The zero-order valence-electron chi connectivity index (χ0n) is 12.1. The summed E-state index contributed by atoms with van der Waals surface area (Å²) in [7, 11) is 0. The number of benzene rings is 1. The lowest BCUT2D eigenvalue weighted by atomic mass is 10.1. The van der Waals surface area contributed by atoms with Crippen LogP contribution < -0.4 is 0 Å². The SMILES string of the molecule is Fc1ccc(-c2nc(C(F)(F)F)sc2CN2CCOCC2)cc1. The molecule has 2 aromatic rings. The van der Waals surface area contributed by atoms with Gasteiger partial charge in [-0.1, -0.05) is 0 Å². The number of rotatable bonds is 3. The van der Waals surface area contributed by atoms with Crippen molar-refractivity contribution in [1.82, 2.24) is 9.88 Å². The van der Waals surface area contributed by atoms with Gasteiger partial charge in [0.15, 0.2) is 5.01 Å². The van der Waals surface area contributed by atoms with Gasteiger partial charge in [-0.15, -0.1) is 11.3 Å². The molecule has 1 fully saturated rings. The Kier molecular flexibility index (Phi) is 4.65. The predicted molar refractivity (Wildman–Crippen MR) is 78.6 cm³/mol. The molecule has 0 aliphatic carbocycles. The van der Waals surface area contributed by atoms with Gasteiger partial charge < -0.3 is 4.74 Å². The highest BCUT2D eigenvalue weighted by Crippen LogP contribution is 2.38. The summed E-state index contributed by atoms with van der Waals surface area (Å²) in [6, 6.07) is 5.35. The maximum Gasteiger partial charge on any atom is 0.443 e. The predicted octanol–water partition coefficient (Wildman–Crippen LogP) is 3.80. The van der Waals surface area contributed by atoms with Crippen molar-refractivity contribution in [3.05, 3.63) is 40.0 Å². The zero-order chi connectivity index (χ0) is 16.4. The molecule has 0 amide bonds. The van der Waals surface area contributed by atoms with Crippen molar-refractivity contribution < 1.29 is 22.3 Å². The number of alkyl halides is 3. The van der Waals surface area contributed by atoms with Gasteiger partial charge >= 0.3 is 6.18 Å². The Labute approximate surface area is 134 Å². The van der Waals surface area contributed by atoms with Gasteiger partial charge in [0.05, 0.1) is 18.9 Å². The topological polar surface area (TPSA) is 25.4 Å². The van der Waals surface area contributed by atoms with Crippen molar-refractivity contribution in [1.29, 1.82) is 0 Å². The first-order valence-corrected chi connectivity index (χ1v) is 7.88. The smallest absolute Gasteiger partial charge is 0.379 e. The summed E-state index contributed by atoms with van der Waals surface area (Å²) < 4.78 is 57.3. The molecule has 8 heteroatoms. The van der Waals surface area contributed by atoms with Gasteiger partial charge in [0.1, 0.15) is 5.82 Å². The molecule has 1 aliphatic heterocycles. The normalized spacial score (nSPS) is 16.7. The fraction of sp³-hybridized carbons (Fsp3) is 0.400. The van der Waals surface area contributed by atoms with Crippen LogP contribution in [0.3, 0.4) is 0 Å². The maximum atomic E-state index is 13.1. The van der Waals surface area contributed by atoms with Crippen molar-refractivity contribution in [3.63, 3.8) is 0 Å². The van der Waals surface area contributed by atoms with E-state index in [-0.39, 0.29) is 5.69 Å². The molecule has 1 aromatic carbocycles. The Morgan fingerprint density at radius 3 is 2.39 bits per heavy atom. The monoisotopic (exact) mass is 346 g/mol. The maximum absolute atomic E-state index is 13.1. The standard InChI is InChI=1S/C15H14F4N2OS/c16-11-3-1-10(2-4-11)13-12(9-21-5-7-22-8-6-21)23-14(20-13)15(17,18)19/h1-4H,5-9H2. The van der Waals surface area contributed by atoms with Gasteiger partial charge in [0, 0.05) is 30.1 Å². The molecule has 1 aliphatic rings. The molecule has 0 radical (unpaired) electrons. The van der Waals surface area contributed by atoms with E-state index in [1.807, 2.05) is 4.90 Å². The third kappa shape index (κ3) is 3.88. The van der Waals surface area contributed by atoms with Crippen molar-refractivity contribution in [2.45, 2.75) is 12.7 Å². The summed E-state index contributed by atoms with van der Waals surface area (Å²) in [5.41, 5.74) is 0.759. The van der Waals surface area contributed by atoms with E-state index < -0.39 is 17.0 Å². The fourth-order valence-corrected chi connectivity index (χ4v) is 3.37. The minimum atomic E-state index is -4.48. The number of hydrogen-bond donors (Lipinski definition) is 0. The summed E-state index contributed by atoms with van der Waals surface area (Å²) >= 11 is 0.647. The van der Waals surface area contributed by atoms with Crippen LogP contribution in [0.1, 0.15) is 9.88 Å². The number of hydrogen-bond acceptors (Lipinski definition) is 4. The molecule has 3 nitrogen and oxygen atoms in total. The lowest BCUT2D eigenvalue weighted by Gasteiger charge is -2.26. The molecule has 124 valence electrons. The highest BCUT2D eigenvalue weighted by atomic mass is 32.1. The van der Waals surface area contributed by atoms with Crippen LogP contribution in [0.15, 0.2) is 24.3 Å². The number of morpholine rings is 1. The van der Waals surface area contributed by atoms with Gasteiger partial charge in [-0.25, -0.2) is 9.37 Å². The summed E-state index contributed by atoms with van der Waals surface area (Å²) in [6.07, 6.45) is -4.48. The Balaban J connectivity index is 1.94. The second kappa shape index (κ2) is 6.54. The molecule has 3 rings (SSSR count). The number of nitrogens with zero attached hydrogens (tertiary/aromatic N) is 2.